The maximum Gasteiger partial charge on any atom is 0.303 e. The standard InChI is InChI=1S/C33H40N2O9/c1-18-9-8-10-20(29(18)40)26-19-13-14-21-27(32(43)34(30(21)41)15-6-2-4-11-24(36)37)22(19)17-23-28(26)33(44)35(31(23)42)16-7-3-5-12-25(38)39/h8-10,13,21-23,26-28,40H,2-7,11-12,14-17H2,1H3,(H,36,37)(H,38,39)/t21-,22+,23+,26+,27-,28+/m0/s1. The molecule has 0 radical (unpaired) electrons. The van der Waals surface area contributed by atoms with Crippen LogP contribution in [0.1, 0.15) is 81.3 Å². The van der Waals surface area contributed by atoms with E-state index < -0.39 is 47.4 Å². The molecule has 1 saturated carbocycles. The summed E-state index contributed by atoms with van der Waals surface area (Å²) in [4.78, 5) is 79.3. The van der Waals surface area contributed by atoms with Crippen LogP contribution in [0, 0.1) is 36.5 Å². The van der Waals surface area contributed by atoms with Crippen molar-refractivity contribution in [2.24, 2.45) is 29.6 Å². The molecule has 11 heteroatoms. The molecule has 4 amide bonds. The van der Waals surface area contributed by atoms with Gasteiger partial charge in [-0.15, -0.1) is 0 Å². The van der Waals surface area contributed by atoms with Crippen LogP contribution < -0.4 is 0 Å². The highest BCUT2D eigenvalue weighted by Crippen LogP contribution is 2.59. The van der Waals surface area contributed by atoms with E-state index in [-0.39, 0.29) is 61.7 Å². The van der Waals surface area contributed by atoms with E-state index in [0.717, 1.165) is 5.57 Å². The quantitative estimate of drug-likeness (QED) is 0.172. The number of aliphatic carboxylic acids is 2. The molecule has 2 saturated heterocycles. The highest BCUT2D eigenvalue weighted by atomic mass is 16.4. The first-order valence-electron chi connectivity index (χ1n) is 15.6. The summed E-state index contributed by atoms with van der Waals surface area (Å²) in [5.41, 5.74) is 1.98. The van der Waals surface area contributed by atoms with Crippen LogP contribution in [0.3, 0.4) is 0 Å². The molecule has 2 heterocycles. The number of nitrogens with zero attached hydrogens (tertiary/aromatic N) is 2. The third-order valence-electron chi connectivity index (χ3n) is 9.98. The molecule has 11 nitrogen and oxygen atoms in total. The van der Waals surface area contributed by atoms with Crippen molar-refractivity contribution in [1.29, 1.82) is 0 Å². The van der Waals surface area contributed by atoms with Crippen molar-refractivity contribution in [3.8, 4) is 5.75 Å². The number of imide groups is 2. The average molecular weight is 609 g/mol. The number of carboxylic acids is 2. The number of unbranched alkanes of at least 4 members (excludes halogenated alkanes) is 4. The Labute approximate surface area is 255 Å². The maximum absolute atomic E-state index is 13.9. The number of phenols is 1. The van der Waals surface area contributed by atoms with Gasteiger partial charge in [0.2, 0.25) is 23.6 Å². The lowest BCUT2D eigenvalue weighted by Crippen LogP contribution is -2.43. The highest BCUT2D eigenvalue weighted by molar-refractivity contribution is 6.08. The van der Waals surface area contributed by atoms with Crippen molar-refractivity contribution in [3.63, 3.8) is 0 Å². The fourth-order valence-electron chi connectivity index (χ4n) is 7.89. The summed E-state index contributed by atoms with van der Waals surface area (Å²) in [7, 11) is 0. The summed E-state index contributed by atoms with van der Waals surface area (Å²) < 4.78 is 0. The normalized spacial score (nSPS) is 27.7. The predicted molar refractivity (Wildman–Crippen MR) is 156 cm³/mol. The molecule has 6 atom stereocenters. The number of rotatable bonds is 13. The second-order valence-electron chi connectivity index (χ2n) is 12.6. The van der Waals surface area contributed by atoms with E-state index >= 15 is 0 Å². The number of amides is 4. The van der Waals surface area contributed by atoms with Gasteiger partial charge in [-0.25, -0.2) is 0 Å². The smallest absolute Gasteiger partial charge is 0.303 e. The Morgan fingerprint density at radius 2 is 1.32 bits per heavy atom. The topological polar surface area (TPSA) is 170 Å². The minimum atomic E-state index is -0.893. The summed E-state index contributed by atoms with van der Waals surface area (Å²) in [6, 6.07) is 5.32. The number of phenolic OH excluding ortho intramolecular Hbond substituents is 1. The number of aromatic hydroxyl groups is 1. The molecule has 5 rings (SSSR count). The van der Waals surface area contributed by atoms with Crippen LogP contribution in [-0.2, 0) is 28.8 Å². The van der Waals surface area contributed by atoms with Crippen LogP contribution in [0.4, 0.5) is 0 Å². The Morgan fingerprint density at radius 3 is 1.91 bits per heavy atom. The molecule has 0 unspecified atom stereocenters. The molecule has 3 fully saturated rings. The third-order valence-corrected chi connectivity index (χ3v) is 9.98. The molecule has 1 aromatic carbocycles. The number of hydrogen-bond donors (Lipinski definition) is 3. The summed E-state index contributed by atoms with van der Waals surface area (Å²) in [6.07, 6.45) is 5.61. The first-order valence-corrected chi connectivity index (χ1v) is 15.6. The molecule has 2 aliphatic carbocycles. The van der Waals surface area contributed by atoms with E-state index in [4.69, 9.17) is 10.2 Å². The zero-order valence-electron chi connectivity index (χ0n) is 24.9. The number of likely N-dealkylation sites (tertiary alicyclic amines) is 2. The van der Waals surface area contributed by atoms with Gasteiger partial charge in [-0.2, -0.15) is 0 Å². The molecule has 236 valence electrons. The molecule has 0 spiro atoms. The minimum Gasteiger partial charge on any atom is -0.507 e. The van der Waals surface area contributed by atoms with Crippen LogP contribution in [0.2, 0.25) is 0 Å². The molecule has 44 heavy (non-hydrogen) atoms. The second kappa shape index (κ2) is 12.9. The van der Waals surface area contributed by atoms with Crippen LogP contribution in [0.5, 0.6) is 5.75 Å². The van der Waals surface area contributed by atoms with Gasteiger partial charge in [0.25, 0.3) is 0 Å². The zero-order chi connectivity index (χ0) is 31.7. The fourth-order valence-corrected chi connectivity index (χ4v) is 7.89. The summed E-state index contributed by atoms with van der Waals surface area (Å²) in [5.74, 6) is -6.64. The third kappa shape index (κ3) is 5.76. The van der Waals surface area contributed by atoms with Gasteiger partial charge >= 0.3 is 11.9 Å². The van der Waals surface area contributed by atoms with Gasteiger partial charge in [0.1, 0.15) is 5.75 Å². The van der Waals surface area contributed by atoms with Crippen molar-refractivity contribution in [1.82, 2.24) is 9.80 Å². The molecule has 0 bridgehead atoms. The molecule has 3 N–H and O–H groups in total. The molecular formula is C33H40N2O9. The minimum absolute atomic E-state index is 0.0202. The molecule has 2 aliphatic heterocycles. The number of fused-ring (bicyclic) bond motifs is 4. The predicted octanol–water partition coefficient (Wildman–Crippen LogP) is 3.63. The zero-order valence-corrected chi connectivity index (χ0v) is 24.9. The van der Waals surface area contributed by atoms with Crippen LogP contribution >= 0.6 is 0 Å². The maximum atomic E-state index is 13.9. The van der Waals surface area contributed by atoms with E-state index in [1.54, 1.807) is 25.1 Å². The first kappa shape index (κ1) is 31.4. The number of carbonyl (C=O) groups excluding carboxylic acids is 4. The Kier molecular flexibility index (Phi) is 9.22. The van der Waals surface area contributed by atoms with Gasteiger partial charge in [0, 0.05) is 37.4 Å². The van der Waals surface area contributed by atoms with Crippen molar-refractivity contribution < 1.29 is 44.1 Å². The van der Waals surface area contributed by atoms with Crippen molar-refractivity contribution >= 4 is 35.6 Å². The van der Waals surface area contributed by atoms with Gasteiger partial charge in [-0.1, -0.05) is 42.7 Å². The molecule has 4 aliphatic rings. The van der Waals surface area contributed by atoms with E-state index in [1.807, 2.05) is 6.08 Å². The van der Waals surface area contributed by atoms with Gasteiger partial charge in [0.05, 0.1) is 23.7 Å². The Hall–Kier alpha value is -4.02. The second-order valence-corrected chi connectivity index (χ2v) is 12.6. The number of benzene rings is 1. The number of hydrogen-bond acceptors (Lipinski definition) is 7. The molecule has 1 aromatic rings. The van der Waals surface area contributed by atoms with Gasteiger partial charge in [-0.3, -0.25) is 38.6 Å². The summed E-state index contributed by atoms with van der Waals surface area (Å²) >= 11 is 0. The van der Waals surface area contributed by atoms with Crippen molar-refractivity contribution in [3.05, 3.63) is 41.0 Å². The van der Waals surface area contributed by atoms with Gasteiger partial charge in [-0.05, 0) is 56.9 Å². The van der Waals surface area contributed by atoms with Crippen LogP contribution in [0.15, 0.2) is 29.8 Å². The largest absolute Gasteiger partial charge is 0.507 e. The van der Waals surface area contributed by atoms with Crippen LogP contribution in [0.25, 0.3) is 0 Å². The van der Waals surface area contributed by atoms with E-state index in [9.17, 15) is 33.9 Å². The van der Waals surface area contributed by atoms with Gasteiger partial charge in [0.15, 0.2) is 0 Å². The SMILES string of the molecule is Cc1cccc([C@H]2C3=CC[C@@H]4C(=O)N(CCCCCC(=O)O)C(=O)[C@@H]4[C@@H]3C[C@H]3C(=O)N(CCCCCC(=O)O)C(=O)[C@@H]23)c1O. The van der Waals surface area contributed by atoms with Crippen molar-refractivity contribution in [2.75, 3.05) is 13.1 Å². The summed E-state index contributed by atoms with van der Waals surface area (Å²) in [5, 5.41) is 29.0. The van der Waals surface area contributed by atoms with E-state index in [2.05, 4.69) is 0 Å². The Morgan fingerprint density at radius 1 is 0.750 bits per heavy atom. The van der Waals surface area contributed by atoms with Crippen LogP contribution in [-0.4, -0.2) is 73.8 Å². The molecule has 0 aromatic heterocycles. The number of carboxylic acid groups (broad SMARTS) is 2. The number of para-hydroxylation sites is 1. The Bertz CT molecular complexity index is 1400. The Balaban J connectivity index is 1.42. The number of allylic oxidation sites excluding steroid dienone is 2. The van der Waals surface area contributed by atoms with E-state index in [1.165, 1.54) is 9.80 Å². The van der Waals surface area contributed by atoms with Gasteiger partial charge < -0.3 is 15.3 Å². The number of aryl methyl sites for hydroxylation is 1. The molecular weight excluding hydrogens is 568 g/mol. The highest BCUT2D eigenvalue weighted by Gasteiger charge is 2.62. The monoisotopic (exact) mass is 608 g/mol. The van der Waals surface area contributed by atoms with Crippen molar-refractivity contribution in [2.45, 2.75) is 77.0 Å². The lowest BCUT2D eigenvalue weighted by molar-refractivity contribution is -0.142. The lowest BCUT2D eigenvalue weighted by atomic mass is 9.57. The summed E-state index contributed by atoms with van der Waals surface area (Å²) in [6.45, 7) is 2.16. The number of carbonyl (C=O) groups is 6. The average Bonchev–Trinajstić information content (AvgIpc) is 3.36. The first-order chi connectivity index (χ1) is 21.0. The lowest BCUT2D eigenvalue weighted by Gasteiger charge is -2.44. The fraction of sp³-hybridized carbons (Fsp3) is 0.576. The van der Waals surface area contributed by atoms with E-state index in [0.29, 0.717) is 56.1 Å².